The number of hydrogen-bond donors (Lipinski definition) is 0. The Morgan fingerprint density at radius 3 is 2.37 bits per heavy atom. The highest BCUT2D eigenvalue weighted by atomic mass is 16.5. The summed E-state index contributed by atoms with van der Waals surface area (Å²) < 4.78 is 16.6. The van der Waals surface area contributed by atoms with E-state index in [9.17, 15) is 4.79 Å². The van der Waals surface area contributed by atoms with E-state index in [1.807, 2.05) is 65.6 Å². The molecule has 1 saturated heterocycles. The molecule has 0 radical (unpaired) electrons. The normalized spacial score (nSPS) is 13.5. The molecule has 0 spiro atoms. The molecule has 0 aliphatic carbocycles. The molecule has 0 bridgehead atoms. The first-order valence-corrected chi connectivity index (χ1v) is 11.5. The van der Waals surface area contributed by atoms with Crippen LogP contribution < -0.4 is 14.4 Å². The minimum absolute atomic E-state index is 0.0445. The lowest BCUT2D eigenvalue weighted by Gasteiger charge is -2.36. The highest BCUT2D eigenvalue weighted by Gasteiger charge is 2.22. The van der Waals surface area contributed by atoms with Crippen molar-refractivity contribution in [2.45, 2.75) is 0 Å². The van der Waals surface area contributed by atoms with Crippen LogP contribution in [0.1, 0.15) is 0 Å². The quantitative estimate of drug-likeness (QED) is 0.402. The van der Waals surface area contributed by atoms with E-state index < -0.39 is 0 Å². The highest BCUT2D eigenvalue weighted by Crippen LogP contribution is 2.30. The van der Waals surface area contributed by atoms with Crippen molar-refractivity contribution in [2.24, 2.45) is 0 Å². The van der Waals surface area contributed by atoms with Crippen molar-refractivity contribution in [2.75, 3.05) is 44.8 Å². The Bertz CT molecular complexity index is 1270. The van der Waals surface area contributed by atoms with Crippen molar-refractivity contribution >= 4 is 11.6 Å². The molecule has 8 heteroatoms. The predicted octanol–water partition coefficient (Wildman–Crippen LogP) is 4.14. The summed E-state index contributed by atoms with van der Waals surface area (Å²) in [7, 11) is 1.62. The average Bonchev–Trinajstić information content (AvgIpc) is 3.43. The number of hydrogen-bond acceptors (Lipinski definition) is 7. The summed E-state index contributed by atoms with van der Waals surface area (Å²) in [6, 6.07) is 25.0. The third-order valence-electron chi connectivity index (χ3n) is 6.00. The molecule has 0 unspecified atom stereocenters. The topological polar surface area (TPSA) is 80.9 Å². The van der Waals surface area contributed by atoms with Crippen LogP contribution in [0, 0.1) is 0 Å². The lowest BCUT2D eigenvalue weighted by atomic mass is 10.2. The first-order chi connectivity index (χ1) is 17.2. The summed E-state index contributed by atoms with van der Waals surface area (Å²) in [4.78, 5) is 21.5. The maximum absolute atomic E-state index is 12.8. The number of benzene rings is 3. The Kier molecular flexibility index (Phi) is 6.61. The Hall–Kier alpha value is -4.33. The fourth-order valence-corrected chi connectivity index (χ4v) is 4.04. The Labute approximate surface area is 203 Å². The number of rotatable bonds is 7. The zero-order valence-corrected chi connectivity index (χ0v) is 19.5. The van der Waals surface area contributed by atoms with E-state index in [0.29, 0.717) is 36.1 Å². The Morgan fingerprint density at radius 1 is 0.914 bits per heavy atom. The molecule has 4 aromatic rings. The van der Waals surface area contributed by atoms with Crippen LogP contribution in [0.2, 0.25) is 0 Å². The van der Waals surface area contributed by atoms with Crippen molar-refractivity contribution in [3.8, 4) is 34.3 Å². The van der Waals surface area contributed by atoms with Gasteiger partial charge in [0, 0.05) is 37.4 Å². The number of amides is 1. The van der Waals surface area contributed by atoms with E-state index in [0.717, 1.165) is 24.4 Å². The molecule has 1 aliphatic rings. The third kappa shape index (κ3) is 5.11. The maximum atomic E-state index is 12.8. The predicted molar refractivity (Wildman–Crippen MR) is 132 cm³/mol. The molecule has 1 fully saturated rings. The fraction of sp³-hybridized carbons (Fsp3) is 0.222. The summed E-state index contributed by atoms with van der Waals surface area (Å²) in [6.07, 6.45) is 0. The van der Waals surface area contributed by atoms with Crippen LogP contribution in [0.4, 0.5) is 5.69 Å². The van der Waals surface area contributed by atoms with E-state index in [1.165, 1.54) is 5.69 Å². The van der Waals surface area contributed by atoms with Gasteiger partial charge < -0.3 is 23.8 Å². The van der Waals surface area contributed by atoms with Crippen LogP contribution in [0.15, 0.2) is 83.4 Å². The van der Waals surface area contributed by atoms with E-state index >= 15 is 0 Å². The molecule has 8 nitrogen and oxygen atoms in total. The monoisotopic (exact) mass is 470 g/mol. The summed E-state index contributed by atoms with van der Waals surface area (Å²) in [5.41, 5.74) is 2.63. The molecule has 0 atom stereocenters. The van der Waals surface area contributed by atoms with Gasteiger partial charge >= 0.3 is 0 Å². The molecular formula is C27H26N4O4. The summed E-state index contributed by atoms with van der Waals surface area (Å²) in [5.74, 6) is 2.02. The number of para-hydroxylation sites is 2. The molecule has 5 rings (SSSR count). The van der Waals surface area contributed by atoms with Gasteiger partial charge in [-0.15, -0.1) is 0 Å². The van der Waals surface area contributed by atoms with Gasteiger partial charge in [0.05, 0.1) is 12.7 Å². The number of nitrogens with zero attached hydrogens (tertiary/aromatic N) is 4. The zero-order chi connectivity index (χ0) is 24.0. The number of piperazine rings is 1. The minimum Gasteiger partial charge on any atom is -0.497 e. The second-order valence-corrected chi connectivity index (χ2v) is 8.14. The van der Waals surface area contributed by atoms with Gasteiger partial charge in [0.15, 0.2) is 6.61 Å². The Morgan fingerprint density at radius 2 is 1.63 bits per heavy atom. The first-order valence-electron chi connectivity index (χ1n) is 11.5. The third-order valence-corrected chi connectivity index (χ3v) is 6.00. The number of ether oxygens (including phenoxy) is 2. The lowest BCUT2D eigenvalue weighted by Crippen LogP contribution is -2.50. The number of methoxy groups -OCH3 is 1. The molecule has 1 amide bonds. The molecule has 178 valence electrons. The molecule has 1 aromatic heterocycles. The van der Waals surface area contributed by atoms with Crippen LogP contribution in [0.25, 0.3) is 22.8 Å². The smallest absolute Gasteiger partial charge is 0.262 e. The van der Waals surface area contributed by atoms with Crippen LogP contribution in [-0.2, 0) is 4.79 Å². The summed E-state index contributed by atoms with van der Waals surface area (Å²) >= 11 is 0. The summed E-state index contributed by atoms with van der Waals surface area (Å²) in [6.45, 7) is 2.86. The Balaban J connectivity index is 1.22. The van der Waals surface area contributed by atoms with Crippen molar-refractivity contribution in [1.82, 2.24) is 15.0 Å². The van der Waals surface area contributed by atoms with Gasteiger partial charge in [0.1, 0.15) is 11.5 Å². The van der Waals surface area contributed by atoms with E-state index in [2.05, 4.69) is 27.2 Å². The van der Waals surface area contributed by atoms with Gasteiger partial charge in [-0.05, 0) is 48.5 Å². The van der Waals surface area contributed by atoms with Gasteiger partial charge in [0.25, 0.3) is 11.8 Å². The molecule has 2 heterocycles. The second kappa shape index (κ2) is 10.3. The molecule has 0 saturated carbocycles. The fourth-order valence-electron chi connectivity index (χ4n) is 4.04. The van der Waals surface area contributed by atoms with Gasteiger partial charge in [-0.2, -0.15) is 4.98 Å². The van der Waals surface area contributed by atoms with Gasteiger partial charge in [0.2, 0.25) is 5.82 Å². The SMILES string of the molecule is COc1ccc(-c2noc(-c3ccccc3OCC(=O)N3CCN(c4ccccc4)CC3)n2)cc1. The number of carbonyl (C=O) groups is 1. The van der Waals surface area contributed by atoms with Gasteiger partial charge in [-0.25, -0.2) is 0 Å². The number of carbonyl (C=O) groups excluding carboxylic acids is 1. The van der Waals surface area contributed by atoms with E-state index in [1.54, 1.807) is 13.2 Å². The van der Waals surface area contributed by atoms with Crippen molar-refractivity contribution < 1.29 is 18.8 Å². The molecule has 1 aliphatic heterocycles. The largest absolute Gasteiger partial charge is 0.497 e. The van der Waals surface area contributed by atoms with E-state index in [4.69, 9.17) is 14.0 Å². The van der Waals surface area contributed by atoms with Gasteiger partial charge in [-0.1, -0.05) is 35.5 Å². The molecular weight excluding hydrogens is 444 g/mol. The van der Waals surface area contributed by atoms with Crippen molar-refractivity contribution in [1.29, 1.82) is 0 Å². The first kappa shape index (κ1) is 22.5. The minimum atomic E-state index is -0.0537. The van der Waals surface area contributed by atoms with E-state index in [-0.39, 0.29) is 12.5 Å². The standard InChI is InChI=1S/C27H26N4O4/c1-33-22-13-11-20(12-14-22)26-28-27(35-29-26)23-9-5-6-10-24(23)34-19-25(32)31-17-15-30(16-18-31)21-7-3-2-4-8-21/h2-14H,15-19H2,1H3. The van der Waals surface area contributed by atoms with Crippen LogP contribution in [0.5, 0.6) is 11.5 Å². The number of aromatic nitrogens is 2. The maximum Gasteiger partial charge on any atom is 0.262 e. The zero-order valence-electron chi connectivity index (χ0n) is 19.5. The summed E-state index contributed by atoms with van der Waals surface area (Å²) in [5, 5.41) is 4.10. The van der Waals surface area contributed by atoms with Gasteiger partial charge in [-0.3, -0.25) is 4.79 Å². The molecule has 0 N–H and O–H groups in total. The number of anilines is 1. The highest BCUT2D eigenvalue weighted by molar-refractivity contribution is 5.78. The second-order valence-electron chi connectivity index (χ2n) is 8.14. The average molecular weight is 471 g/mol. The molecule has 3 aromatic carbocycles. The van der Waals surface area contributed by atoms with Crippen LogP contribution in [-0.4, -0.2) is 60.8 Å². The van der Waals surface area contributed by atoms with Crippen molar-refractivity contribution in [3.05, 3.63) is 78.9 Å². The van der Waals surface area contributed by atoms with Crippen molar-refractivity contribution in [3.63, 3.8) is 0 Å². The molecule has 35 heavy (non-hydrogen) atoms. The van der Waals surface area contributed by atoms with Crippen LogP contribution in [0.3, 0.4) is 0 Å². The van der Waals surface area contributed by atoms with Crippen LogP contribution >= 0.6 is 0 Å². The lowest BCUT2D eigenvalue weighted by molar-refractivity contribution is -0.133.